The smallest absolute Gasteiger partial charge is 0.240 e. The first-order chi connectivity index (χ1) is 9.49. The van der Waals surface area contributed by atoms with Gasteiger partial charge in [0.2, 0.25) is 5.91 Å². The van der Waals surface area contributed by atoms with Crippen LogP contribution in [0.15, 0.2) is 22.7 Å². The molecule has 0 radical (unpaired) electrons. The third-order valence-electron chi connectivity index (χ3n) is 3.46. The zero-order valence-electron chi connectivity index (χ0n) is 11.7. The highest BCUT2D eigenvalue weighted by Crippen LogP contribution is 2.23. The van der Waals surface area contributed by atoms with Gasteiger partial charge in [-0.2, -0.15) is 0 Å². The number of benzene rings is 1. The molecule has 0 bridgehead atoms. The van der Waals surface area contributed by atoms with Crippen molar-refractivity contribution < 1.29 is 4.79 Å². The van der Waals surface area contributed by atoms with Gasteiger partial charge in [0.25, 0.3) is 0 Å². The molecule has 0 spiro atoms. The number of likely N-dealkylation sites (N-methyl/N-ethyl adjacent to an activating group) is 1. The SMILES string of the molecule is CN(C)C(=O)C1CNCCN1Cc1cc(Cl)ccc1Br. The van der Waals surface area contributed by atoms with Crippen molar-refractivity contribution in [2.24, 2.45) is 0 Å². The van der Waals surface area contributed by atoms with Gasteiger partial charge in [0.05, 0.1) is 0 Å². The number of piperazine rings is 1. The van der Waals surface area contributed by atoms with Crippen LogP contribution in [0.1, 0.15) is 5.56 Å². The van der Waals surface area contributed by atoms with Gasteiger partial charge in [-0.05, 0) is 23.8 Å². The van der Waals surface area contributed by atoms with E-state index in [1.54, 1.807) is 19.0 Å². The molecule has 1 atom stereocenters. The number of nitrogens with one attached hydrogen (secondary N) is 1. The molecule has 2 rings (SSSR count). The summed E-state index contributed by atoms with van der Waals surface area (Å²) in [5.41, 5.74) is 1.11. The zero-order valence-corrected chi connectivity index (χ0v) is 14.0. The van der Waals surface area contributed by atoms with E-state index in [1.165, 1.54) is 0 Å². The zero-order chi connectivity index (χ0) is 14.7. The summed E-state index contributed by atoms with van der Waals surface area (Å²) in [5, 5.41) is 4.00. The van der Waals surface area contributed by atoms with Crippen LogP contribution in [-0.2, 0) is 11.3 Å². The van der Waals surface area contributed by atoms with E-state index < -0.39 is 0 Å². The molecule has 1 aliphatic rings. The largest absolute Gasteiger partial charge is 0.347 e. The molecule has 1 N–H and O–H groups in total. The quantitative estimate of drug-likeness (QED) is 0.895. The van der Waals surface area contributed by atoms with E-state index in [1.807, 2.05) is 18.2 Å². The summed E-state index contributed by atoms with van der Waals surface area (Å²) < 4.78 is 1.02. The third-order valence-corrected chi connectivity index (χ3v) is 4.47. The Balaban J connectivity index is 2.16. The topological polar surface area (TPSA) is 35.6 Å². The average molecular weight is 361 g/mol. The highest BCUT2D eigenvalue weighted by atomic mass is 79.9. The lowest BCUT2D eigenvalue weighted by atomic mass is 10.1. The minimum absolute atomic E-state index is 0.121. The van der Waals surface area contributed by atoms with Crippen molar-refractivity contribution in [3.05, 3.63) is 33.3 Å². The molecule has 1 heterocycles. The molecule has 1 aromatic rings. The number of rotatable bonds is 3. The summed E-state index contributed by atoms with van der Waals surface area (Å²) >= 11 is 9.60. The van der Waals surface area contributed by atoms with Crippen molar-refractivity contribution in [1.29, 1.82) is 0 Å². The summed E-state index contributed by atoms with van der Waals surface area (Å²) in [4.78, 5) is 16.1. The second-order valence-corrected chi connectivity index (χ2v) is 6.45. The second-order valence-electron chi connectivity index (χ2n) is 5.16. The van der Waals surface area contributed by atoms with Crippen molar-refractivity contribution in [2.45, 2.75) is 12.6 Å². The third kappa shape index (κ3) is 3.73. The van der Waals surface area contributed by atoms with Gasteiger partial charge in [0.1, 0.15) is 6.04 Å². The maximum absolute atomic E-state index is 12.3. The molecule has 0 aromatic heterocycles. The molecule has 1 saturated heterocycles. The van der Waals surface area contributed by atoms with Crippen LogP contribution in [0.3, 0.4) is 0 Å². The summed E-state index contributed by atoms with van der Waals surface area (Å²) in [7, 11) is 3.59. The molecule has 1 unspecified atom stereocenters. The second kappa shape index (κ2) is 6.89. The fraction of sp³-hybridized carbons (Fsp3) is 0.500. The van der Waals surface area contributed by atoms with E-state index in [4.69, 9.17) is 11.6 Å². The number of carbonyl (C=O) groups is 1. The normalized spacial score (nSPS) is 19.9. The highest BCUT2D eigenvalue weighted by Gasteiger charge is 2.29. The van der Waals surface area contributed by atoms with Crippen molar-refractivity contribution in [3.63, 3.8) is 0 Å². The summed E-state index contributed by atoms with van der Waals surface area (Å²) in [6.07, 6.45) is 0. The Kier molecular flexibility index (Phi) is 5.43. The molecule has 6 heteroatoms. The highest BCUT2D eigenvalue weighted by molar-refractivity contribution is 9.10. The molecule has 1 fully saturated rings. The number of halogens is 2. The minimum Gasteiger partial charge on any atom is -0.347 e. The Morgan fingerprint density at radius 3 is 3.00 bits per heavy atom. The van der Waals surface area contributed by atoms with Crippen molar-refractivity contribution in [1.82, 2.24) is 15.1 Å². The average Bonchev–Trinajstić information content (AvgIpc) is 2.42. The van der Waals surface area contributed by atoms with Gasteiger partial charge < -0.3 is 10.2 Å². The first-order valence-corrected chi connectivity index (χ1v) is 7.76. The molecule has 1 aliphatic heterocycles. The molecule has 1 amide bonds. The minimum atomic E-state index is -0.121. The first kappa shape index (κ1) is 15.8. The van der Waals surface area contributed by atoms with Crippen LogP contribution in [0.2, 0.25) is 5.02 Å². The van der Waals surface area contributed by atoms with Gasteiger partial charge in [0, 0.05) is 49.8 Å². The van der Waals surface area contributed by atoms with Crippen LogP contribution in [0.4, 0.5) is 0 Å². The molecule has 0 aliphatic carbocycles. The monoisotopic (exact) mass is 359 g/mol. The maximum Gasteiger partial charge on any atom is 0.240 e. The van der Waals surface area contributed by atoms with Crippen LogP contribution in [0, 0.1) is 0 Å². The van der Waals surface area contributed by atoms with Crippen LogP contribution in [0.5, 0.6) is 0 Å². The van der Waals surface area contributed by atoms with Crippen molar-refractivity contribution >= 4 is 33.4 Å². The summed E-state index contributed by atoms with van der Waals surface area (Å²) in [6, 6.07) is 5.63. The van der Waals surface area contributed by atoms with Crippen LogP contribution in [-0.4, -0.2) is 55.5 Å². The van der Waals surface area contributed by atoms with E-state index in [-0.39, 0.29) is 11.9 Å². The van der Waals surface area contributed by atoms with Crippen LogP contribution >= 0.6 is 27.5 Å². The Labute approximate surface area is 133 Å². The van der Waals surface area contributed by atoms with E-state index in [9.17, 15) is 4.79 Å². The van der Waals surface area contributed by atoms with Gasteiger partial charge in [-0.15, -0.1) is 0 Å². The van der Waals surface area contributed by atoms with Crippen LogP contribution < -0.4 is 5.32 Å². The number of hydrogen-bond acceptors (Lipinski definition) is 3. The molecule has 110 valence electrons. The predicted octanol–water partition coefficient (Wildman–Crippen LogP) is 1.96. The Morgan fingerprint density at radius 1 is 1.55 bits per heavy atom. The van der Waals surface area contributed by atoms with E-state index in [2.05, 4.69) is 26.1 Å². The summed E-state index contributed by atoms with van der Waals surface area (Å²) in [6.45, 7) is 3.15. The van der Waals surface area contributed by atoms with Gasteiger partial charge in [0.15, 0.2) is 0 Å². The van der Waals surface area contributed by atoms with Crippen LogP contribution in [0.25, 0.3) is 0 Å². The fourth-order valence-electron chi connectivity index (χ4n) is 2.36. The molecular weight excluding hydrogens is 342 g/mol. The summed E-state index contributed by atoms with van der Waals surface area (Å²) in [5.74, 6) is 0.135. The lowest BCUT2D eigenvalue weighted by Gasteiger charge is -2.36. The van der Waals surface area contributed by atoms with Crippen molar-refractivity contribution in [3.8, 4) is 0 Å². The molecule has 1 aromatic carbocycles. The Hall–Kier alpha value is -0.620. The maximum atomic E-state index is 12.3. The van der Waals surface area contributed by atoms with Gasteiger partial charge in [-0.1, -0.05) is 27.5 Å². The lowest BCUT2D eigenvalue weighted by Crippen LogP contribution is -2.57. The number of nitrogens with zero attached hydrogens (tertiary/aromatic N) is 2. The van der Waals surface area contributed by atoms with Gasteiger partial charge in [-0.3, -0.25) is 9.69 Å². The van der Waals surface area contributed by atoms with E-state index >= 15 is 0 Å². The molecule has 0 saturated carbocycles. The van der Waals surface area contributed by atoms with E-state index in [0.29, 0.717) is 18.1 Å². The van der Waals surface area contributed by atoms with Crippen molar-refractivity contribution in [2.75, 3.05) is 33.7 Å². The van der Waals surface area contributed by atoms with Gasteiger partial charge in [-0.25, -0.2) is 0 Å². The number of hydrogen-bond donors (Lipinski definition) is 1. The number of carbonyl (C=O) groups excluding carboxylic acids is 1. The molecular formula is C14H19BrClN3O. The predicted molar refractivity (Wildman–Crippen MR) is 84.9 cm³/mol. The Bertz CT molecular complexity index is 495. The Morgan fingerprint density at radius 2 is 2.30 bits per heavy atom. The number of amides is 1. The fourth-order valence-corrected chi connectivity index (χ4v) is 2.93. The standard InChI is InChI=1S/C14H19BrClN3O/c1-18(2)14(20)13-8-17-5-6-19(13)9-10-7-11(16)3-4-12(10)15/h3-4,7,13,17H,5-6,8-9H2,1-2H3. The van der Waals surface area contributed by atoms with E-state index in [0.717, 1.165) is 23.1 Å². The lowest BCUT2D eigenvalue weighted by molar-refractivity contribution is -0.135. The molecule has 4 nitrogen and oxygen atoms in total. The molecule has 20 heavy (non-hydrogen) atoms. The first-order valence-electron chi connectivity index (χ1n) is 6.59. The van der Waals surface area contributed by atoms with Gasteiger partial charge >= 0.3 is 0 Å².